The first-order valence-electron chi connectivity index (χ1n) is 6.80. The van der Waals surface area contributed by atoms with Crippen LogP contribution >= 0.6 is 11.6 Å². The molecule has 18 heavy (non-hydrogen) atoms. The summed E-state index contributed by atoms with van der Waals surface area (Å²) in [5.74, 6) is 3.63. The number of halogens is 1. The van der Waals surface area contributed by atoms with Gasteiger partial charge in [0.2, 0.25) is 5.91 Å². The Kier molecular flexibility index (Phi) is 2.25. The summed E-state index contributed by atoms with van der Waals surface area (Å²) in [5, 5.41) is 3.73. The maximum atomic E-state index is 12.2. The van der Waals surface area contributed by atoms with Crippen LogP contribution in [0.4, 0.5) is 5.69 Å². The number of benzene rings is 1. The minimum Gasteiger partial charge on any atom is -0.326 e. The Hall–Kier alpha value is -1.02. The molecule has 1 amide bonds. The second-order valence-corrected chi connectivity index (χ2v) is 6.45. The van der Waals surface area contributed by atoms with Crippen LogP contribution in [0.3, 0.4) is 0 Å². The van der Waals surface area contributed by atoms with Gasteiger partial charge in [0.15, 0.2) is 0 Å². The van der Waals surface area contributed by atoms with Gasteiger partial charge in [-0.1, -0.05) is 11.6 Å². The molecule has 3 aliphatic rings. The van der Waals surface area contributed by atoms with E-state index in [-0.39, 0.29) is 5.91 Å². The molecule has 3 heteroatoms. The summed E-state index contributed by atoms with van der Waals surface area (Å²) >= 11 is 5.83. The topological polar surface area (TPSA) is 29.1 Å². The SMILES string of the molecule is O=C(Nc1ccc(Cl)cc1)C1[C@@H]2[C@H]3CC[C@@H](C3)[C@@H]12. The average Bonchev–Trinajstić information content (AvgIpc) is 2.82. The lowest BCUT2D eigenvalue weighted by Crippen LogP contribution is -2.18. The molecule has 94 valence electrons. The fourth-order valence-electron chi connectivity index (χ4n) is 4.43. The molecule has 0 saturated heterocycles. The van der Waals surface area contributed by atoms with Gasteiger partial charge in [-0.15, -0.1) is 0 Å². The monoisotopic (exact) mass is 261 g/mol. The summed E-state index contributed by atoms with van der Waals surface area (Å²) in [6.45, 7) is 0. The number of carbonyl (C=O) groups is 1. The summed E-state index contributed by atoms with van der Waals surface area (Å²) in [6, 6.07) is 7.36. The van der Waals surface area contributed by atoms with Crippen molar-refractivity contribution in [3.8, 4) is 0 Å². The van der Waals surface area contributed by atoms with E-state index in [0.29, 0.717) is 22.8 Å². The second-order valence-electron chi connectivity index (χ2n) is 6.01. The Labute approximate surface area is 112 Å². The predicted octanol–water partition coefficient (Wildman–Crippen LogP) is 3.57. The van der Waals surface area contributed by atoms with Crippen molar-refractivity contribution in [1.29, 1.82) is 0 Å². The molecule has 4 atom stereocenters. The van der Waals surface area contributed by atoms with Crippen LogP contribution in [0.2, 0.25) is 5.02 Å². The molecular formula is C15H16ClNO. The minimum atomic E-state index is 0.226. The number of fused-ring (bicyclic) bond motifs is 5. The second kappa shape index (κ2) is 3.74. The van der Waals surface area contributed by atoms with Crippen LogP contribution in [0.25, 0.3) is 0 Å². The number of hydrogen-bond acceptors (Lipinski definition) is 1. The van der Waals surface area contributed by atoms with Crippen molar-refractivity contribution in [3.63, 3.8) is 0 Å². The molecule has 3 fully saturated rings. The highest BCUT2D eigenvalue weighted by atomic mass is 35.5. The van der Waals surface area contributed by atoms with Crippen molar-refractivity contribution in [2.45, 2.75) is 19.3 Å². The fourth-order valence-corrected chi connectivity index (χ4v) is 4.56. The van der Waals surface area contributed by atoms with Gasteiger partial charge in [-0.05, 0) is 67.2 Å². The van der Waals surface area contributed by atoms with Crippen molar-refractivity contribution >= 4 is 23.2 Å². The fraction of sp³-hybridized carbons (Fsp3) is 0.533. The van der Waals surface area contributed by atoms with Crippen LogP contribution in [0.5, 0.6) is 0 Å². The third-order valence-corrected chi connectivity index (χ3v) is 5.40. The number of anilines is 1. The van der Waals surface area contributed by atoms with Gasteiger partial charge in [0.25, 0.3) is 0 Å². The molecule has 0 heterocycles. The van der Waals surface area contributed by atoms with Crippen LogP contribution in [-0.2, 0) is 4.79 Å². The van der Waals surface area contributed by atoms with Crippen LogP contribution in [0.15, 0.2) is 24.3 Å². The molecule has 1 aromatic carbocycles. The smallest absolute Gasteiger partial charge is 0.228 e. The van der Waals surface area contributed by atoms with Crippen molar-refractivity contribution in [2.24, 2.45) is 29.6 Å². The number of hydrogen-bond donors (Lipinski definition) is 1. The molecule has 2 bridgehead atoms. The zero-order chi connectivity index (χ0) is 12.3. The quantitative estimate of drug-likeness (QED) is 0.866. The standard InChI is InChI=1S/C15H16ClNO/c16-10-3-5-11(6-4-10)17-15(18)14-12-8-1-2-9(7-8)13(12)14/h3-6,8-9,12-14H,1-2,7H2,(H,17,18)/t8-,9-,12+,13+/m0/s1. The molecule has 3 saturated carbocycles. The lowest BCUT2D eigenvalue weighted by atomic mass is 10.0. The van der Waals surface area contributed by atoms with Gasteiger partial charge in [0.1, 0.15) is 0 Å². The van der Waals surface area contributed by atoms with E-state index in [4.69, 9.17) is 11.6 Å². The molecule has 0 unspecified atom stereocenters. The summed E-state index contributed by atoms with van der Waals surface area (Å²) in [6.07, 6.45) is 4.10. The Balaban J connectivity index is 1.45. The number of rotatable bonds is 2. The number of amides is 1. The molecule has 1 N–H and O–H groups in total. The number of carbonyl (C=O) groups excluding carboxylic acids is 1. The summed E-state index contributed by atoms with van der Waals surface area (Å²) in [5.41, 5.74) is 0.863. The van der Waals surface area contributed by atoms with E-state index in [2.05, 4.69) is 5.32 Å². The van der Waals surface area contributed by atoms with Crippen molar-refractivity contribution in [2.75, 3.05) is 5.32 Å². The predicted molar refractivity (Wildman–Crippen MR) is 71.4 cm³/mol. The van der Waals surface area contributed by atoms with E-state index in [1.54, 1.807) is 0 Å². The van der Waals surface area contributed by atoms with Gasteiger partial charge in [-0.3, -0.25) is 4.79 Å². The summed E-state index contributed by atoms with van der Waals surface area (Å²) < 4.78 is 0. The Morgan fingerprint density at radius 3 is 2.33 bits per heavy atom. The van der Waals surface area contributed by atoms with E-state index in [9.17, 15) is 4.79 Å². The molecular weight excluding hydrogens is 246 g/mol. The number of nitrogens with one attached hydrogen (secondary N) is 1. The van der Waals surface area contributed by atoms with Crippen LogP contribution in [0.1, 0.15) is 19.3 Å². The van der Waals surface area contributed by atoms with E-state index in [0.717, 1.165) is 17.5 Å². The summed E-state index contributed by atoms with van der Waals surface area (Å²) in [7, 11) is 0. The van der Waals surface area contributed by atoms with Crippen LogP contribution in [0, 0.1) is 29.6 Å². The van der Waals surface area contributed by atoms with Gasteiger partial charge in [0.05, 0.1) is 0 Å². The Bertz CT molecular complexity index is 482. The first-order chi connectivity index (χ1) is 8.74. The average molecular weight is 262 g/mol. The Morgan fingerprint density at radius 2 is 1.72 bits per heavy atom. The first-order valence-corrected chi connectivity index (χ1v) is 7.18. The Morgan fingerprint density at radius 1 is 1.11 bits per heavy atom. The highest BCUT2D eigenvalue weighted by Crippen LogP contribution is 2.69. The van der Waals surface area contributed by atoms with Crippen molar-refractivity contribution in [1.82, 2.24) is 0 Å². The van der Waals surface area contributed by atoms with Crippen LogP contribution in [-0.4, -0.2) is 5.91 Å². The largest absolute Gasteiger partial charge is 0.326 e. The van der Waals surface area contributed by atoms with Gasteiger partial charge in [0, 0.05) is 16.6 Å². The molecule has 4 rings (SSSR count). The molecule has 2 nitrogen and oxygen atoms in total. The minimum absolute atomic E-state index is 0.226. The van der Waals surface area contributed by atoms with Crippen LogP contribution < -0.4 is 5.32 Å². The first kappa shape index (κ1) is 10.9. The molecule has 0 spiro atoms. The molecule has 0 aromatic heterocycles. The lowest BCUT2D eigenvalue weighted by Gasteiger charge is -2.09. The maximum absolute atomic E-state index is 12.2. The van der Waals surface area contributed by atoms with Crippen molar-refractivity contribution < 1.29 is 4.79 Å². The molecule has 0 radical (unpaired) electrons. The maximum Gasteiger partial charge on any atom is 0.228 e. The highest BCUT2D eigenvalue weighted by Gasteiger charge is 2.67. The van der Waals surface area contributed by atoms with Gasteiger partial charge in [-0.2, -0.15) is 0 Å². The zero-order valence-corrected chi connectivity index (χ0v) is 10.9. The summed E-state index contributed by atoms with van der Waals surface area (Å²) in [4.78, 5) is 12.2. The van der Waals surface area contributed by atoms with E-state index in [1.165, 1.54) is 19.3 Å². The zero-order valence-electron chi connectivity index (χ0n) is 10.1. The van der Waals surface area contributed by atoms with E-state index >= 15 is 0 Å². The van der Waals surface area contributed by atoms with Gasteiger partial charge in [-0.25, -0.2) is 0 Å². The molecule has 0 aliphatic heterocycles. The van der Waals surface area contributed by atoms with Gasteiger partial charge >= 0.3 is 0 Å². The third-order valence-electron chi connectivity index (χ3n) is 5.15. The third kappa shape index (κ3) is 1.51. The molecule has 1 aromatic rings. The molecule has 3 aliphatic carbocycles. The normalized spacial score (nSPS) is 39.5. The van der Waals surface area contributed by atoms with Gasteiger partial charge < -0.3 is 5.32 Å². The van der Waals surface area contributed by atoms with E-state index in [1.807, 2.05) is 24.3 Å². The highest BCUT2D eigenvalue weighted by molar-refractivity contribution is 6.30. The van der Waals surface area contributed by atoms with E-state index < -0.39 is 0 Å². The lowest BCUT2D eigenvalue weighted by molar-refractivity contribution is -0.118. The van der Waals surface area contributed by atoms with Crippen molar-refractivity contribution in [3.05, 3.63) is 29.3 Å².